The summed E-state index contributed by atoms with van der Waals surface area (Å²) in [6.07, 6.45) is 4.65. The third-order valence-corrected chi connectivity index (χ3v) is 6.38. The molecular weight excluding hydrogens is 468 g/mol. The molecule has 37 heavy (non-hydrogen) atoms. The smallest absolute Gasteiger partial charge is 0.123 e. The number of hydrogen-bond donors (Lipinski definition) is 4. The van der Waals surface area contributed by atoms with E-state index in [0.29, 0.717) is 35.5 Å². The maximum absolute atomic E-state index is 11.0. The minimum Gasteiger partial charge on any atom is -0.508 e. The molecule has 0 saturated carbocycles. The summed E-state index contributed by atoms with van der Waals surface area (Å²) >= 11 is 0. The van der Waals surface area contributed by atoms with Crippen molar-refractivity contribution in [2.45, 2.75) is 18.8 Å². The largest absolute Gasteiger partial charge is 0.508 e. The van der Waals surface area contributed by atoms with Gasteiger partial charge in [-0.1, -0.05) is 42.5 Å². The molecular formula is C31H30O6. The molecule has 0 spiro atoms. The molecule has 4 N–H and O–H groups in total. The van der Waals surface area contributed by atoms with Crippen LogP contribution >= 0.6 is 0 Å². The SMILES string of the molecule is COc1ccc(C(CCc2ccc(OC)cc2O)c2c(O)cc(/C=C/c3ccc(O)cc3)cc2O)cc1. The van der Waals surface area contributed by atoms with Crippen molar-refractivity contribution >= 4 is 12.2 Å². The summed E-state index contributed by atoms with van der Waals surface area (Å²) in [6, 6.07) is 22.7. The standard InChI is InChI=1S/C31H30O6/c1-36-25-13-7-22(8-14-25)27(16-10-23-9-15-26(37-2)19-28(23)33)31-29(34)17-21(18-30(31)35)4-3-20-5-11-24(32)12-6-20/h3-9,11-15,17-19,27,32-35H,10,16H2,1-2H3/b4-3+. The third kappa shape index (κ3) is 6.16. The Morgan fingerprint density at radius 2 is 1.24 bits per heavy atom. The second kappa shape index (κ2) is 11.4. The Morgan fingerprint density at radius 1 is 0.649 bits per heavy atom. The lowest BCUT2D eigenvalue weighted by atomic mass is 9.84. The molecule has 0 aliphatic heterocycles. The first kappa shape index (κ1) is 25.5. The average molecular weight is 499 g/mol. The van der Waals surface area contributed by atoms with Gasteiger partial charge in [0.25, 0.3) is 0 Å². The van der Waals surface area contributed by atoms with Crippen LogP contribution in [-0.2, 0) is 6.42 Å². The molecule has 0 aromatic heterocycles. The van der Waals surface area contributed by atoms with E-state index >= 15 is 0 Å². The maximum Gasteiger partial charge on any atom is 0.123 e. The summed E-state index contributed by atoms with van der Waals surface area (Å²) in [7, 11) is 3.14. The van der Waals surface area contributed by atoms with Crippen molar-refractivity contribution in [2.24, 2.45) is 0 Å². The predicted molar refractivity (Wildman–Crippen MR) is 145 cm³/mol. The van der Waals surface area contributed by atoms with E-state index < -0.39 is 0 Å². The number of methoxy groups -OCH3 is 2. The normalized spacial score (nSPS) is 11.9. The highest BCUT2D eigenvalue weighted by Gasteiger charge is 2.23. The van der Waals surface area contributed by atoms with Crippen molar-refractivity contribution in [1.29, 1.82) is 0 Å². The summed E-state index contributed by atoms with van der Waals surface area (Å²) < 4.78 is 10.5. The van der Waals surface area contributed by atoms with Crippen LogP contribution in [0.25, 0.3) is 12.2 Å². The van der Waals surface area contributed by atoms with Crippen LogP contribution in [-0.4, -0.2) is 34.6 Å². The number of ether oxygens (including phenoxy) is 2. The van der Waals surface area contributed by atoms with Crippen LogP contribution in [0.2, 0.25) is 0 Å². The highest BCUT2D eigenvalue weighted by Crippen LogP contribution is 2.42. The molecule has 1 atom stereocenters. The Bertz CT molecular complexity index is 1350. The summed E-state index contributed by atoms with van der Waals surface area (Å²) in [5, 5.41) is 42.0. The summed E-state index contributed by atoms with van der Waals surface area (Å²) in [6.45, 7) is 0. The molecule has 0 aliphatic rings. The molecule has 0 heterocycles. The zero-order chi connectivity index (χ0) is 26.4. The van der Waals surface area contributed by atoms with Crippen molar-refractivity contribution in [3.8, 4) is 34.5 Å². The van der Waals surface area contributed by atoms with Crippen LogP contribution in [0.5, 0.6) is 34.5 Å². The number of benzene rings is 4. The molecule has 0 radical (unpaired) electrons. The molecule has 1 unspecified atom stereocenters. The van der Waals surface area contributed by atoms with Crippen molar-refractivity contribution in [2.75, 3.05) is 14.2 Å². The Kier molecular flexibility index (Phi) is 7.89. The molecule has 0 amide bonds. The van der Waals surface area contributed by atoms with E-state index in [1.165, 1.54) is 0 Å². The van der Waals surface area contributed by atoms with Gasteiger partial charge in [0.15, 0.2) is 0 Å². The summed E-state index contributed by atoms with van der Waals surface area (Å²) in [5.74, 6) is 1.20. The van der Waals surface area contributed by atoms with E-state index in [0.717, 1.165) is 16.7 Å². The minimum absolute atomic E-state index is 0.0230. The first-order valence-electron chi connectivity index (χ1n) is 11.9. The highest BCUT2D eigenvalue weighted by atomic mass is 16.5. The van der Waals surface area contributed by atoms with Crippen LogP contribution in [0.15, 0.2) is 78.9 Å². The van der Waals surface area contributed by atoms with Crippen molar-refractivity contribution in [3.63, 3.8) is 0 Å². The van der Waals surface area contributed by atoms with Gasteiger partial charge < -0.3 is 29.9 Å². The van der Waals surface area contributed by atoms with Gasteiger partial charge in [-0.25, -0.2) is 0 Å². The average Bonchev–Trinajstić information content (AvgIpc) is 2.90. The number of phenolic OH excluding ortho intramolecular Hbond substituents is 4. The molecule has 6 heteroatoms. The van der Waals surface area contributed by atoms with E-state index in [4.69, 9.17) is 9.47 Å². The summed E-state index contributed by atoms with van der Waals surface area (Å²) in [5.41, 5.74) is 3.56. The monoisotopic (exact) mass is 498 g/mol. The number of phenols is 4. The van der Waals surface area contributed by atoms with Gasteiger partial charge in [0, 0.05) is 17.5 Å². The second-order valence-electron chi connectivity index (χ2n) is 8.76. The van der Waals surface area contributed by atoms with Gasteiger partial charge >= 0.3 is 0 Å². The molecule has 4 aromatic carbocycles. The molecule has 0 fully saturated rings. The lowest BCUT2D eigenvalue weighted by molar-refractivity contribution is 0.406. The fourth-order valence-electron chi connectivity index (χ4n) is 4.37. The molecule has 6 nitrogen and oxygen atoms in total. The first-order chi connectivity index (χ1) is 17.9. The van der Waals surface area contributed by atoms with Crippen LogP contribution in [0.3, 0.4) is 0 Å². The molecule has 4 rings (SSSR count). The number of aromatic hydroxyl groups is 4. The Morgan fingerprint density at radius 3 is 1.84 bits per heavy atom. The molecule has 4 aromatic rings. The van der Waals surface area contributed by atoms with Crippen molar-refractivity contribution < 1.29 is 29.9 Å². The van der Waals surface area contributed by atoms with Gasteiger partial charge in [0.2, 0.25) is 0 Å². The topological polar surface area (TPSA) is 99.4 Å². The molecule has 190 valence electrons. The number of hydrogen-bond acceptors (Lipinski definition) is 6. The fourth-order valence-corrected chi connectivity index (χ4v) is 4.37. The minimum atomic E-state index is -0.345. The van der Waals surface area contributed by atoms with Crippen LogP contribution in [0.1, 0.15) is 40.2 Å². The van der Waals surface area contributed by atoms with Gasteiger partial charge in [-0.15, -0.1) is 0 Å². The molecule has 0 aliphatic carbocycles. The number of aryl methyl sites for hydroxylation is 1. The molecule has 0 bridgehead atoms. The first-order valence-corrected chi connectivity index (χ1v) is 11.9. The van der Waals surface area contributed by atoms with Gasteiger partial charge in [-0.2, -0.15) is 0 Å². The van der Waals surface area contributed by atoms with Crippen LogP contribution in [0.4, 0.5) is 0 Å². The predicted octanol–water partition coefficient (Wildman–Crippen LogP) is 6.46. The van der Waals surface area contributed by atoms with Gasteiger partial charge in [0.05, 0.1) is 14.2 Å². The van der Waals surface area contributed by atoms with Gasteiger partial charge in [-0.05, 0) is 77.6 Å². The Balaban J connectivity index is 1.66. The lowest BCUT2D eigenvalue weighted by Crippen LogP contribution is -2.05. The van der Waals surface area contributed by atoms with E-state index in [2.05, 4.69) is 0 Å². The zero-order valence-electron chi connectivity index (χ0n) is 20.8. The van der Waals surface area contributed by atoms with Crippen LogP contribution < -0.4 is 9.47 Å². The van der Waals surface area contributed by atoms with Crippen molar-refractivity contribution in [1.82, 2.24) is 0 Å². The highest BCUT2D eigenvalue weighted by molar-refractivity contribution is 5.72. The van der Waals surface area contributed by atoms with Crippen molar-refractivity contribution in [3.05, 3.63) is 107 Å². The lowest BCUT2D eigenvalue weighted by Gasteiger charge is -2.21. The van der Waals surface area contributed by atoms with Gasteiger partial charge in [-0.3, -0.25) is 0 Å². The Labute approximate surface area is 216 Å². The number of rotatable bonds is 9. The Hall–Kier alpha value is -4.58. The van der Waals surface area contributed by atoms with E-state index in [1.807, 2.05) is 36.4 Å². The quantitative estimate of drug-likeness (QED) is 0.198. The second-order valence-corrected chi connectivity index (χ2v) is 8.76. The molecule has 0 saturated heterocycles. The van der Waals surface area contributed by atoms with E-state index in [9.17, 15) is 20.4 Å². The van der Waals surface area contributed by atoms with E-state index in [1.54, 1.807) is 68.8 Å². The van der Waals surface area contributed by atoms with E-state index in [-0.39, 0.29) is 28.9 Å². The zero-order valence-corrected chi connectivity index (χ0v) is 20.8. The third-order valence-electron chi connectivity index (χ3n) is 6.38. The maximum atomic E-state index is 11.0. The fraction of sp³-hybridized carbons (Fsp3) is 0.161. The summed E-state index contributed by atoms with van der Waals surface area (Å²) in [4.78, 5) is 0. The van der Waals surface area contributed by atoms with Gasteiger partial charge in [0.1, 0.15) is 34.5 Å². The van der Waals surface area contributed by atoms with Crippen LogP contribution in [0, 0.1) is 0 Å².